The number of fused-ring (bicyclic) bond motifs is 1. The predicted molar refractivity (Wildman–Crippen MR) is 201 cm³/mol. The Kier molecular flexibility index (Phi) is 11.2. The molecule has 0 unspecified atom stereocenters. The van der Waals surface area contributed by atoms with Crippen molar-refractivity contribution < 1.29 is 41.0 Å². The van der Waals surface area contributed by atoms with E-state index in [1.807, 2.05) is 35.6 Å². The van der Waals surface area contributed by atoms with Crippen molar-refractivity contribution >= 4 is 46.1 Å². The average molecular weight is 828 g/mol. The summed E-state index contributed by atoms with van der Waals surface area (Å²) in [6.45, 7) is 3.95. The Morgan fingerprint density at radius 1 is 1.02 bits per heavy atom. The highest BCUT2D eigenvalue weighted by Gasteiger charge is 2.46. The monoisotopic (exact) mass is 827 g/mol. The number of benzene rings is 2. The number of piperazine rings is 1. The third-order valence-corrected chi connectivity index (χ3v) is 10.0. The number of aryl methyl sites for hydroxylation is 1. The maximum absolute atomic E-state index is 16.8. The fourth-order valence-corrected chi connectivity index (χ4v) is 6.96. The molecule has 0 spiro atoms. The molecule has 0 radical (unpaired) electrons. The number of aromatic nitrogens is 6. The average Bonchev–Trinajstić information content (AvgIpc) is 3.66. The van der Waals surface area contributed by atoms with Crippen molar-refractivity contribution in [3.05, 3.63) is 110 Å². The Morgan fingerprint density at radius 2 is 1.76 bits per heavy atom. The zero-order valence-corrected chi connectivity index (χ0v) is 31.8. The Balaban J connectivity index is 1.22. The molecular weight excluding hydrogens is 793 g/mol. The topological polar surface area (TPSA) is 149 Å². The molecule has 0 bridgehead atoms. The van der Waals surface area contributed by atoms with E-state index in [1.54, 1.807) is 13.0 Å². The summed E-state index contributed by atoms with van der Waals surface area (Å²) < 4.78 is 85.7. The van der Waals surface area contributed by atoms with Crippen LogP contribution in [0.15, 0.2) is 65.7 Å². The molecule has 58 heavy (non-hydrogen) atoms. The lowest BCUT2D eigenvalue weighted by Crippen LogP contribution is -2.51. The largest absolute Gasteiger partial charge is 0.485 e. The minimum Gasteiger partial charge on any atom is -0.485 e. The van der Waals surface area contributed by atoms with Crippen molar-refractivity contribution in [2.45, 2.75) is 45.5 Å². The molecule has 7 rings (SSSR count). The highest BCUT2D eigenvalue weighted by Crippen LogP contribution is 2.36. The van der Waals surface area contributed by atoms with Crippen LogP contribution < -0.4 is 20.5 Å². The molecule has 5 heterocycles. The molecule has 0 aliphatic carbocycles. The van der Waals surface area contributed by atoms with Gasteiger partial charge in [-0.25, -0.2) is 14.5 Å². The molecule has 5 aromatic rings. The smallest absolute Gasteiger partial charge is 0.416 e. The molecule has 2 aliphatic heterocycles. The van der Waals surface area contributed by atoms with E-state index in [1.165, 1.54) is 23.1 Å². The van der Waals surface area contributed by atoms with E-state index in [-0.39, 0.29) is 74.5 Å². The van der Waals surface area contributed by atoms with Gasteiger partial charge in [-0.2, -0.15) is 31.5 Å². The van der Waals surface area contributed by atoms with Crippen LogP contribution in [0.4, 0.5) is 33.3 Å². The van der Waals surface area contributed by atoms with E-state index in [9.17, 15) is 27.6 Å². The van der Waals surface area contributed by atoms with E-state index in [0.717, 1.165) is 11.6 Å². The quantitative estimate of drug-likeness (QED) is 0.173. The van der Waals surface area contributed by atoms with Gasteiger partial charge in [-0.1, -0.05) is 54.9 Å². The number of ether oxygens (including phenoxy) is 2. The molecular formula is C38H35ClF5N9O5. The summed E-state index contributed by atoms with van der Waals surface area (Å²) in [5, 5.41) is 5.62. The van der Waals surface area contributed by atoms with Gasteiger partial charge < -0.3 is 24.6 Å². The maximum Gasteiger partial charge on any atom is 0.416 e. The molecule has 0 atom stereocenters. The second-order valence-corrected chi connectivity index (χ2v) is 13.8. The van der Waals surface area contributed by atoms with Crippen LogP contribution in [-0.2, 0) is 34.8 Å². The number of alkyl halides is 5. The number of nitrogens with one attached hydrogen (secondary N) is 1. The van der Waals surface area contributed by atoms with Crippen LogP contribution >= 0.6 is 11.6 Å². The third kappa shape index (κ3) is 7.83. The normalized spacial score (nSPS) is 15.1. The molecule has 3 aromatic heterocycles. The Hall–Kier alpha value is -5.95. The van der Waals surface area contributed by atoms with Crippen LogP contribution in [0.25, 0.3) is 11.4 Å². The van der Waals surface area contributed by atoms with Crippen LogP contribution in [0.2, 0.25) is 5.02 Å². The van der Waals surface area contributed by atoms with E-state index in [4.69, 9.17) is 21.1 Å². The van der Waals surface area contributed by atoms with Crippen LogP contribution in [0.1, 0.15) is 52.2 Å². The lowest BCUT2D eigenvalue weighted by molar-refractivity contribution is -0.154. The van der Waals surface area contributed by atoms with Gasteiger partial charge in [-0.15, -0.1) is 5.10 Å². The predicted octanol–water partition coefficient (Wildman–Crippen LogP) is 5.76. The molecule has 2 aliphatic rings. The number of rotatable bonds is 10. The molecule has 0 saturated carbocycles. The lowest BCUT2D eigenvalue weighted by Gasteiger charge is -2.37. The van der Waals surface area contributed by atoms with E-state index in [0.29, 0.717) is 45.5 Å². The minimum atomic E-state index is -4.77. The van der Waals surface area contributed by atoms with Crippen molar-refractivity contribution in [3.8, 4) is 5.75 Å². The van der Waals surface area contributed by atoms with Crippen LogP contribution in [0.5, 0.6) is 5.75 Å². The molecule has 1 N–H and O–H groups in total. The van der Waals surface area contributed by atoms with Gasteiger partial charge in [0.15, 0.2) is 17.3 Å². The fraction of sp³-hybridized carbons (Fsp3) is 0.342. The van der Waals surface area contributed by atoms with Crippen molar-refractivity contribution in [1.29, 1.82) is 0 Å². The summed E-state index contributed by atoms with van der Waals surface area (Å²) in [5.74, 6) is -2.90. The van der Waals surface area contributed by atoms with Gasteiger partial charge in [-0.05, 0) is 49.1 Å². The minimum absolute atomic E-state index is 0.00668. The van der Waals surface area contributed by atoms with Crippen LogP contribution in [0.3, 0.4) is 0 Å². The van der Waals surface area contributed by atoms with E-state index < -0.39 is 51.6 Å². The molecule has 2 aromatic carbocycles. The lowest BCUT2D eigenvalue weighted by atomic mass is 10.1. The van der Waals surface area contributed by atoms with Gasteiger partial charge in [0.25, 0.3) is 11.5 Å². The summed E-state index contributed by atoms with van der Waals surface area (Å²) in [4.78, 5) is 57.4. The van der Waals surface area contributed by atoms with Crippen molar-refractivity contribution in [1.82, 2.24) is 34.0 Å². The van der Waals surface area contributed by atoms with Crippen molar-refractivity contribution in [3.63, 3.8) is 0 Å². The first-order chi connectivity index (χ1) is 27.7. The number of anilines is 2. The first-order valence-corrected chi connectivity index (χ1v) is 18.5. The summed E-state index contributed by atoms with van der Waals surface area (Å²) in [6, 6.07) is 6.68. The number of amides is 2. The summed E-state index contributed by atoms with van der Waals surface area (Å²) >= 11 is 6.00. The van der Waals surface area contributed by atoms with Crippen LogP contribution in [-0.4, -0.2) is 85.2 Å². The number of halogens is 6. The van der Waals surface area contributed by atoms with Gasteiger partial charge in [0.1, 0.15) is 18.6 Å². The van der Waals surface area contributed by atoms with E-state index in [2.05, 4.69) is 20.1 Å². The highest BCUT2D eigenvalue weighted by atomic mass is 35.5. The first kappa shape index (κ1) is 40.3. The van der Waals surface area contributed by atoms with Crippen molar-refractivity contribution in [2.75, 3.05) is 49.6 Å². The number of nitrogens with zero attached hydrogens (tertiary/aromatic N) is 8. The molecule has 20 heteroatoms. The van der Waals surface area contributed by atoms with Gasteiger partial charge in [0.2, 0.25) is 5.78 Å². The fourth-order valence-electron chi connectivity index (χ4n) is 6.73. The first-order valence-electron chi connectivity index (χ1n) is 18.1. The molecule has 1 saturated heterocycles. The van der Waals surface area contributed by atoms with Crippen molar-refractivity contribution in [2.24, 2.45) is 0 Å². The number of hydrogen-bond acceptors (Lipinski definition) is 10. The van der Waals surface area contributed by atoms with Gasteiger partial charge in [0, 0.05) is 26.2 Å². The molecule has 1 fully saturated rings. The number of carbonyl (C=O) groups excluding carboxylic acids is 2. The van der Waals surface area contributed by atoms with E-state index >= 15 is 8.78 Å². The SMILES string of the molecule is CCc1c(N2CCN(C(=O)c3ncnc(C)c3OCc3ccccc3)CC2)c(=O)n2nc(C3=CCOCC3)nc2n1C(F)(F)C(=O)Nc1ccc(C(F)(F)F)cc1Cl. The molecule has 304 valence electrons. The Labute approximate surface area is 331 Å². The van der Waals surface area contributed by atoms with Gasteiger partial charge >= 0.3 is 18.1 Å². The number of carbonyl (C=O) groups is 2. The van der Waals surface area contributed by atoms with Gasteiger partial charge in [0.05, 0.1) is 40.9 Å². The maximum atomic E-state index is 16.8. The molecule has 2 amide bonds. The Bertz CT molecular complexity index is 2470. The zero-order chi connectivity index (χ0) is 41.4. The second-order valence-electron chi connectivity index (χ2n) is 13.4. The van der Waals surface area contributed by atoms with Crippen LogP contribution in [0, 0.1) is 6.92 Å². The summed E-state index contributed by atoms with van der Waals surface area (Å²) in [5.41, 5.74) is -1.05. The molecule has 14 nitrogen and oxygen atoms in total. The van der Waals surface area contributed by atoms with Gasteiger partial charge in [-0.3, -0.25) is 14.4 Å². The standard InChI is InChI=1S/C38H35ClF5N9O5/c1-3-28-30(50-13-15-51(16-14-50)33(54)29-31(22(2)45-21-46-29)58-20-23-7-5-4-6-8-23)34(55)53-36(48-32(49-53)24-11-17-57-18-12-24)52(28)38(43,44)35(56)47-27-10-9-25(19-26(27)39)37(40,41)42/h4-11,19,21H,3,12-18,20H2,1-2H3,(H,47,56). The zero-order valence-electron chi connectivity index (χ0n) is 31.0. The Morgan fingerprint density at radius 3 is 2.41 bits per heavy atom. The number of hydrogen-bond donors (Lipinski definition) is 1. The highest BCUT2D eigenvalue weighted by molar-refractivity contribution is 6.33. The summed E-state index contributed by atoms with van der Waals surface area (Å²) in [7, 11) is 0. The second kappa shape index (κ2) is 16.1. The third-order valence-electron chi connectivity index (χ3n) is 9.71. The summed E-state index contributed by atoms with van der Waals surface area (Å²) in [6.07, 6.45) is -1.75.